The molecule has 0 bridgehead atoms. The molecule has 0 N–H and O–H groups in total. The fourth-order valence-electron chi connectivity index (χ4n) is 1.40. The van der Waals surface area contributed by atoms with Crippen LogP contribution in [-0.4, -0.2) is 22.9 Å². The van der Waals surface area contributed by atoms with Gasteiger partial charge in [0.1, 0.15) is 0 Å². The lowest BCUT2D eigenvalue weighted by molar-refractivity contribution is -0.385. The summed E-state index contributed by atoms with van der Waals surface area (Å²) in [5.41, 5.74) is -3.97. The maximum absolute atomic E-state index is 12.6. The third-order valence-corrected chi connectivity index (χ3v) is 2.44. The molecule has 1 aromatic carbocycles. The van der Waals surface area contributed by atoms with Crippen LogP contribution < -0.4 is 0 Å². The zero-order valence-corrected chi connectivity index (χ0v) is 9.79. The van der Waals surface area contributed by atoms with Crippen LogP contribution in [0, 0.1) is 10.1 Å². The lowest BCUT2D eigenvalue weighted by Gasteiger charge is -2.10. The molecule has 0 unspecified atom stereocenters. The van der Waals surface area contributed by atoms with Gasteiger partial charge in [0.25, 0.3) is 5.69 Å². The predicted octanol–water partition coefficient (Wildman–Crippen LogP) is 2.85. The number of nitro benzene ring substituents is 1. The molecule has 0 saturated carbocycles. The Morgan fingerprint density at radius 2 is 2.00 bits per heavy atom. The number of Topliss-reactive ketones (excluding diaryl/α,β-unsaturated/α-hetero) is 1. The molecule has 0 radical (unpaired) electrons. The van der Waals surface area contributed by atoms with E-state index in [-0.39, 0.29) is 6.29 Å². The van der Waals surface area contributed by atoms with Crippen LogP contribution >= 0.6 is 11.6 Å². The maximum Gasteiger partial charge on any atom is 0.416 e. The molecule has 9 heteroatoms. The minimum Gasteiger partial charge on any atom is -0.298 e. The second kappa shape index (κ2) is 5.35. The summed E-state index contributed by atoms with van der Waals surface area (Å²) < 4.78 is 37.7. The summed E-state index contributed by atoms with van der Waals surface area (Å²) in [4.78, 5) is 31.7. The quantitative estimate of drug-likeness (QED) is 0.281. The zero-order chi connectivity index (χ0) is 14.8. The smallest absolute Gasteiger partial charge is 0.298 e. The highest BCUT2D eigenvalue weighted by Gasteiger charge is 2.35. The van der Waals surface area contributed by atoms with E-state index in [0.717, 1.165) is 0 Å². The Bertz CT molecular complexity index is 556. The van der Waals surface area contributed by atoms with Crippen molar-refractivity contribution in [2.24, 2.45) is 0 Å². The number of aldehydes is 1. The van der Waals surface area contributed by atoms with Crippen LogP contribution in [0.5, 0.6) is 0 Å². The van der Waals surface area contributed by atoms with Crippen molar-refractivity contribution in [1.29, 1.82) is 0 Å². The Morgan fingerprint density at radius 3 is 2.37 bits per heavy atom. The van der Waals surface area contributed by atoms with Gasteiger partial charge in [0.2, 0.25) is 0 Å². The Balaban J connectivity index is 3.69. The van der Waals surface area contributed by atoms with Crippen molar-refractivity contribution in [1.82, 2.24) is 0 Å². The molecule has 0 saturated heterocycles. The van der Waals surface area contributed by atoms with E-state index in [2.05, 4.69) is 0 Å². The van der Waals surface area contributed by atoms with E-state index in [1.165, 1.54) is 0 Å². The zero-order valence-electron chi connectivity index (χ0n) is 9.03. The second-order valence-corrected chi connectivity index (χ2v) is 3.66. The molecule has 19 heavy (non-hydrogen) atoms. The summed E-state index contributed by atoms with van der Waals surface area (Å²) in [5.74, 6) is -1.80. The highest BCUT2D eigenvalue weighted by Crippen LogP contribution is 2.34. The lowest BCUT2D eigenvalue weighted by atomic mass is 10.0. The summed E-state index contributed by atoms with van der Waals surface area (Å²) in [5, 5.41) is 10.8. The Hall–Kier alpha value is -1.96. The molecule has 0 aliphatic carbocycles. The summed E-state index contributed by atoms with van der Waals surface area (Å²) in [6.07, 6.45) is -4.95. The van der Waals surface area contributed by atoms with Gasteiger partial charge < -0.3 is 0 Å². The number of carbonyl (C=O) groups excluding carboxylic acids is 2. The maximum atomic E-state index is 12.6. The Kier molecular flexibility index (Phi) is 4.25. The van der Waals surface area contributed by atoms with Crippen LogP contribution in [-0.2, 0) is 6.18 Å². The minimum atomic E-state index is -4.84. The number of hydrogen-bond acceptors (Lipinski definition) is 4. The van der Waals surface area contributed by atoms with E-state index in [1.54, 1.807) is 0 Å². The third kappa shape index (κ3) is 3.08. The lowest BCUT2D eigenvalue weighted by Crippen LogP contribution is -2.13. The number of ketones is 1. The number of nitro groups is 1. The molecule has 0 amide bonds. The van der Waals surface area contributed by atoms with E-state index in [1.807, 2.05) is 0 Å². The van der Waals surface area contributed by atoms with Gasteiger partial charge in [0.15, 0.2) is 12.1 Å². The molecule has 0 fully saturated rings. The molecular weight excluding hydrogens is 291 g/mol. The van der Waals surface area contributed by atoms with Crippen molar-refractivity contribution in [2.45, 2.75) is 6.18 Å². The van der Waals surface area contributed by atoms with Gasteiger partial charge in [-0.2, -0.15) is 13.2 Å². The summed E-state index contributed by atoms with van der Waals surface area (Å²) in [7, 11) is 0. The van der Waals surface area contributed by atoms with Gasteiger partial charge in [-0.1, -0.05) is 0 Å². The van der Waals surface area contributed by atoms with E-state index in [0.29, 0.717) is 12.1 Å². The SMILES string of the molecule is O=Cc1cc(C(F)(F)F)cc(C(=O)CCl)c1[N+](=O)[O-]. The van der Waals surface area contributed by atoms with Gasteiger partial charge in [-0.3, -0.25) is 19.7 Å². The van der Waals surface area contributed by atoms with Crippen LogP contribution in [0.4, 0.5) is 18.9 Å². The van der Waals surface area contributed by atoms with Crippen LogP contribution in [0.2, 0.25) is 0 Å². The molecule has 0 heterocycles. The molecule has 102 valence electrons. The first kappa shape index (κ1) is 15.1. The number of hydrogen-bond donors (Lipinski definition) is 0. The van der Waals surface area contributed by atoms with Gasteiger partial charge in [0, 0.05) is 0 Å². The monoisotopic (exact) mass is 295 g/mol. The molecule has 0 atom stereocenters. The summed E-state index contributed by atoms with van der Waals surface area (Å²) >= 11 is 5.18. The molecule has 0 aliphatic rings. The summed E-state index contributed by atoms with van der Waals surface area (Å²) in [6, 6.07) is 0.631. The van der Waals surface area contributed by atoms with E-state index >= 15 is 0 Å². The van der Waals surface area contributed by atoms with Gasteiger partial charge in [0.05, 0.1) is 27.5 Å². The highest BCUT2D eigenvalue weighted by atomic mass is 35.5. The van der Waals surface area contributed by atoms with Crippen molar-refractivity contribution in [3.63, 3.8) is 0 Å². The Morgan fingerprint density at radius 1 is 1.42 bits per heavy atom. The number of halogens is 4. The first-order valence-corrected chi connectivity index (χ1v) is 5.19. The van der Waals surface area contributed by atoms with Crippen molar-refractivity contribution in [3.8, 4) is 0 Å². The second-order valence-electron chi connectivity index (χ2n) is 3.39. The molecule has 0 aliphatic heterocycles. The molecule has 0 spiro atoms. The van der Waals surface area contributed by atoms with Crippen LogP contribution in [0.25, 0.3) is 0 Å². The fraction of sp³-hybridized carbons (Fsp3) is 0.200. The molecular formula is C10H5ClF3NO4. The first-order chi connectivity index (χ1) is 8.72. The number of carbonyl (C=O) groups is 2. The van der Waals surface area contributed by atoms with E-state index in [9.17, 15) is 32.9 Å². The van der Waals surface area contributed by atoms with Gasteiger partial charge in [-0.25, -0.2) is 0 Å². The normalized spacial score (nSPS) is 11.2. The van der Waals surface area contributed by atoms with Crippen molar-refractivity contribution < 1.29 is 27.7 Å². The molecule has 1 aromatic rings. The number of rotatable bonds is 4. The first-order valence-electron chi connectivity index (χ1n) is 4.66. The molecule has 0 aromatic heterocycles. The standard InChI is InChI=1S/C10H5ClF3NO4/c11-3-8(17)7-2-6(10(12,13)14)1-5(4-16)9(7)15(18)19/h1-2,4H,3H2. The summed E-state index contributed by atoms with van der Waals surface area (Å²) in [6.45, 7) is 0. The molecule has 1 rings (SSSR count). The van der Waals surface area contributed by atoms with Crippen LogP contribution in [0.15, 0.2) is 12.1 Å². The predicted molar refractivity (Wildman–Crippen MR) is 58.5 cm³/mol. The van der Waals surface area contributed by atoms with Crippen LogP contribution in [0.1, 0.15) is 26.3 Å². The third-order valence-electron chi connectivity index (χ3n) is 2.20. The van der Waals surface area contributed by atoms with Gasteiger partial charge in [-0.15, -0.1) is 11.6 Å². The van der Waals surface area contributed by atoms with Gasteiger partial charge >= 0.3 is 6.18 Å². The van der Waals surface area contributed by atoms with Gasteiger partial charge in [-0.05, 0) is 12.1 Å². The average Bonchev–Trinajstić information content (AvgIpc) is 2.34. The van der Waals surface area contributed by atoms with Crippen molar-refractivity contribution >= 4 is 29.4 Å². The molecule has 5 nitrogen and oxygen atoms in total. The van der Waals surface area contributed by atoms with Crippen molar-refractivity contribution in [2.75, 3.05) is 5.88 Å². The Labute approximate surface area is 109 Å². The van der Waals surface area contributed by atoms with Crippen LogP contribution in [0.3, 0.4) is 0 Å². The van der Waals surface area contributed by atoms with E-state index in [4.69, 9.17) is 11.6 Å². The number of alkyl halides is 4. The largest absolute Gasteiger partial charge is 0.416 e. The fourth-order valence-corrected chi connectivity index (χ4v) is 1.54. The highest BCUT2D eigenvalue weighted by molar-refractivity contribution is 6.31. The van der Waals surface area contributed by atoms with Crippen molar-refractivity contribution in [3.05, 3.63) is 38.9 Å². The minimum absolute atomic E-state index is 0.113. The number of nitrogens with zero attached hydrogens (tertiary/aromatic N) is 1. The topological polar surface area (TPSA) is 77.3 Å². The number of benzene rings is 1. The average molecular weight is 296 g/mol. The van der Waals surface area contributed by atoms with E-state index < -0.39 is 45.1 Å².